The molecule has 0 spiro atoms. The second-order valence-electron chi connectivity index (χ2n) is 8.09. The summed E-state index contributed by atoms with van der Waals surface area (Å²) in [6.45, 7) is 11.5. The average molecular weight is 360 g/mol. The fraction of sp³-hybridized carbons (Fsp3) is 0.727. The highest BCUT2D eigenvalue weighted by molar-refractivity contribution is 5.33. The van der Waals surface area contributed by atoms with Crippen LogP contribution in [0.4, 0.5) is 0 Å². The van der Waals surface area contributed by atoms with Crippen molar-refractivity contribution < 1.29 is 4.74 Å². The van der Waals surface area contributed by atoms with Crippen molar-refractivity contribution in [2.75, 3.05) is 59.5 Å². The Hall–Kier alpha value is -1.10. The number of likely N-dealkylation sites (N-methyl/N-ethyl adjacent to an activating group) is 1. The number of hydrogen-bond donors (Lipinski definition) is 0. The van der Waals surface area contributed by atoms with Crippen LogP contribution in [0, 0.1) is 0 Å². The molecule has 2 heterocycles. The summed E-state index contributed by atoms with van der Waals surface area (Å²) in [5, 5.41) is 0. The molecule has 4 nitrogen and oxygen atoms in total. The summed E-state index contributed by atoms with van der Waals surface area (Å²) in [5.41, 5.74) is 1.37. The third-order valence-corrected chi connectivity index (χ3v) is 6.07. The lowest BCUT2D eigenvalue weighted by molar-refractivity contribution is 0.133. The van der Waals surface area contributed by atoms with E-state index in [2.05, 4.69) is 52.9 Å². The fourth-order valence-electron chi connectivity index (χ4n) is 4.18. The van der Waals surface area contributed by atoms with Crippen molar-refractivity contribution in [3.8, 4) is 5.75 Å². The Labute approximate surface area is 160 Å². The van der Waals surface area contributed by atoms with E-state index in [-0.39, 0.29) is 0 Å². The molecule has 0 saturated carbocycles. The molecule has 4 heteroatoms. The standard InChI is InChI=1S/C22H37N3O/c1-20-8-5-6-13-25(20)18-19-26-22-11-4-3-9-21(22)10-7-12-24-16-14-23(2)15-17-24/h3-4,9,11,20H,5-8,10,12-19H2,1-2H3. The van der Waals surface area contributed by atoms with Crippen LogP contribution in [-0.4, -0.2) is 80.2 Å². The Morgan fingerprint density at radius 1 is 1.00 bits per heavy atom. The molecule has 0 aromatic heterocycles. The number of piperazine rings is 1. The number of para-hydroxylation sites is 1. The third-order valence-electron chi connectivity index (χ3n) is 6.07. The van der Waals surface area contributed by atoms with E-state index >= 15 is 0 Å². The second kappa shape index (κ2) is 10.3. The highest BCUT2D eigenvalue weighted by Gasteiger charge is 2.18. The van der Waals surface area contributed by atoms with E-state index in [9.17, 15) is 0 Å². The van der Waals surface area contributed by atoms with Gasteiger partial charge in [-0.2, -0.15) is 0 Å². The number of aryl methyl sites for hydroxylation is 1. The molecule has 0 radical (unpaired) electrons. The van der Waals surface area contributed by atoms with Crippen LogP contribution in [0.25, 0.3) is 0 Å². The number of piperidine rings is 1. The molecule has 2 fully saturated rings. The molecular formula is C22H37N3O. The minimum atomic E-state index is 0.714. The molecular weight excluding hydrogens is 322 g/mol. The van der Waals surface area contributed by atoms with Gasteiger partial charge in [0.05, 0.1) is 0 Å². The maximum absolute atomic E-state index is 6.18. The molecule has 2 aliphatic rings. The van der Waals surface area contributed by atoms with Gasteiger partial charge in [0.1, 0.15) is 12.4 Å². The minimum Gasteiger partial charge on any atom is -0.492 e. The van der Waals surface area contributed by atoms with Gasteiger partial charge in [0.15, 0.2) is 0 Å². The van der Waals surface area contributed by atoms with Crippen molar-refractivity contribution in [1.29, 1.82) is 0 Å². The first-order chi connectivity index (χ1) is 12.7. The number of ether oxygens (including phenoxy) is 1. The first-order valence-electron chi connectivity index (χ1n) is 10.6. The van der Waals surface area contributed by atoms with Gasteiger partial charge in [-0.25, -0.2) is 0 Å². The summed E-state index contributed by atoms with van der Waals surface area (Å²) in [7, 11) is 2.22. The Morgan fingerprint density at radius 2 is 1.81 bits per heavy atom. The van der Waals surface area contributed by atoms with Crippen molar-refractivity contribution in [1.82, 2.24) is 14.7 Å². The lowest BCUT2D eigenvalue weighted by Crippen LogP contribution is -2.44. The van der Waals surface area contributed by atoms with Gasteiger partial charge in [-0.15, -0.1) is 0 Å². The molecule has 1 aromatic rings. The summed E-state index contributed by atoms with van der Waals surface area (Å²) in [6, 6.07) is 9.34. The highest BCUT2D eigenvalue weighted by Crippen LogP contribution is 2.21. The van der Waals surface area contributed by atoms with E-state index in [1.807, 2.05) is 0 Å². The number of hydrogen-bond acceptors (Lipinski definition) is 4. The number of nitrogens with zero attached hydrogens (tertiary/aromatic N) is 3. The van der Waals surface area contributed by atoms with Gasteiger partial charge in [-0.1, -0.05) is 24.6 Å². The molecule has 1 atom stereocenters. The molecule has 1 aromatic carbocycles. The first-order valence-corrected chi connectivity index (χ1v) is 10.6. The van der Waals surface area contributed by atoms with Crippen molar-refractivity contribution >= 4 is 0 Å². The quantitative estimate of drug-likeness (QED) is 0.710. The van der Waals surface area contributed by atoms with Crippen LogP contribution in [0.5, 0.6) is 5.75 Å². The SMILES string of the molecule is CC1CCCCN1CCOc1ccccc1CCCN1CCN(C)CC1. The zero-order chi connectivity index (χ0) is 18.2. The van der Waals surface area contributed by atoms with Crippen molar-refractivity contribution in [2.24, 2.45) is 0 Å². The average Bonchev–Trinajstić information content (AvgIpc) is 2.66. The zero-order valence-electron chi connectivity index (χ0n) is 16.8. The largest absolute Gasteiger partial charge is 0.492 e. The molecule has 26 heavy (non-hydrogen) atoms. The van der Waals surface area contributed by atoms with E-state index in [1.54, 1.807) is 0 Å². The topological polar surface area (TPSA) is 19.0 Å². The fourth-order valence-corrected chi connectivity index (χ4v) is 4.18. The smallest absolute Gasteiger partial charge is 0.122 e. The zero-order valence-corrected chi connectivity index (χ0v) is 16.8. The molecule has 146 valence electrons. The monoisotopic (exact) mass is 359 g/mol. The molecule has 2 saturated heterocycles. The summed E-state index contributed by atoms with van der Waals surface area (Å²) >= 11 is 0. The van der Waals surface area contributed by atoms with Crippen LogP contribution >= 0.6 is 0 Å². The van der Waals surface area contributed by atoms with Gasteiger partial charge in [-0.3, -0.25) is 4.90 Å². The van der Waals surface area contributed by atoms with Crippen molar-refractivity contribution in [3.05, 3.63) is 29.8 Å². The Morgan fingerprint density at radius 3 is 2.62 bits per heavy atom. The number of likely N-dealkylation sites (tertiary alicyclic amines) is 1. The van der Waals surface area contributed by atoms with Crippen molar-refractivity contribution in [3.63, 3.8) is 0 Å². The van der Waals surface area contributed by atoms with Gasteiger partial charge in [0.25, 0.3) is 0 Å². The normalized spacial score (nSPS) is 23.2. The van der Waals surface area contributed by atoms with Crippen LogP contribution in [0.1, 0.15) is 38.2 Å². The predicted molar refractivity (Wildman–Crippen MR) is 109 cm³/mol. The Bertz CT molecular complexity index is 528. The van der Waals surface area contributed by atoms with E-state index < -0.39 is 0 Å². The third kappa shape index (κ3) is 5.97. The summed E-state index contributed by atoms with van der Waals surface area (Å²) in [4.78, 5) is 7.60. The Balaban J connectivity index is 1.41. The van der Waals surface area contributed by atoms with Gasteiger partial charge in [0.2, 0.25) is 0 Å². The van der Waals surface area contributed by atoms with Gasteiger partial charge in [0, 0.05) is 38.8 Å². The van der Waals surface area contributed by atoms with E-state index in [1.165, 1.54) is 70.5 Å². The van der Waals surface area contributed by atoms with Crippen LogP contribution in [0.3, 0.4) is 0 Å². The maximum atomic E-state index is 6.18. The molecule has 0 N–H and O–H groups in total. The lowest BCUT2D eigenvalue weighted by atomic mass is 10.0. The summed E-state index contributed by atoms with van der Waals surface area (Å²) < 4.78 is 6.18. The highest BCUT2D eigenvalue weighted by atomic mass is 16.5. The predicted octanol–water partition coefficient (Wildman–Crippen LogP) is 3.12. The molecule has 3 rings (SSSR count). The molecule has 2 aliphatic heterocycles. The second-order valence-corrected chi connectivity index (χ2v) is 8.09. The van der Waals surface area contributed by atoms with Crippen LogP contribution < -0.4 is 4.74 Å². The Kier molecular flexibility index (Phi) is 7.78. The van der Waals surface area contributed by atoms with E-state index in [4.69, 9.17) is 4.74 Å². The van der Waals surface area contributed by atoms with Gasteiger partial charge >= 0.3 is 0 Å². The summed E-state index contributed by atoms with van der Waals surface area (Å²) in [5.74, 6) is 1.09. The number of benzene rings is 1. The van der Waals surface area contributed by atoms with Gasteiger partial charge < -0.3 is 14.5 Å². The van der Waals surface area contributed by atoms with Crippen molar-refractivity contribution in [2.45, 2.75) is 45.1 Å². The summed E-state index contributed by atoms with van der Waals surface area (Å²) in [6.07, 6.45) is 6.39. The molecule has 1 unspecified atom stereocenters. The van der Waals surface area contributed by atoms with Crippen LogP contribution in [0.2, 0.25) is 0 Å². The lowest BCUT2D eigenvalue weighted by Gasteiger charge is -2.33. The minimum absolute atomic E-state index is 0.714. The first kappa shape index (κ1) is 19.7. The van der Waals surface area contributed by atoms with E-state index in [0.29, 0.717) is 6.04 Å². The number of rotatable bonds is 8. The van der Waals surface area contributed by atoms with E-state index in [0.717, 1.165) is 25.3 Å². The van der Waals surface area contributed by atoms with Crippen LogP contribution in [0.15, 0.2) is 24.3 Å². The molecule has 0 bridgehead atoms. The maximum Gasteiger partial charge on any atom is 0.122 e. The van der Waals surface area contributed by atoms with Gasteiger partial charge in [-0.05, 0) is 64.4 Å². The molecule has 0 amide bonds. The molecule has 0 aliphatic carbocycles. The van der Waals surface area contributed by atoms with Crippen LogP contribution in [-0.2, 0) is 6.42 Å².